The maximum absolute atomic E-state index is 5.65. The van der Waals surface area contributed by atoms with E-state index in [0.29, 0.717) is 0 Å². The molecule has 0 atom stereocenters. The Labute approximate surface area is 162 Å². The van der Waals surface area contributed by atoms with Crippen molar-refractivity contribution in [1.82, 2.24) is 15.6 Å². The van der Waals surface area contributed by atoms with E-state index in [9.17, 15) is 0 Å². The number of hydrogen-bond acceptors (Lipinski definition) is 3. The molecule has 144 valence electrons. The molecule has 0 unspecified atom stereocenters. The molecule has 2 heterocycles. The smallest absolute Gasteiger partial charge is 0.191 e. The standard InChI is InChI=1S/C22H30N4O/c1-18-7-3-4-9-20(18)22(11-15-27-16-12-22)17-26-21(23-2)25-14-10-19-8-5-6-13-24-19/h3-9,13H,10-12,14-17H2,1-2H3,(H2,23,25,26). The van der Waals surface area contributed by atoms with Crippen LogP contribution in [-0.4, -0.2) is 44.3 Å². The topological polar surface area (TPSA) is 58.5 Å². The summed E-state index contributed by atoms with van der Waals surface area (Å²) in [6, 6.07) is 14.7. The van der Waals surface area contributed by atoms with Crippen LogP contribution in [0.1, 0.15) is 29.7 Å². The highest BCUT2D eigenvalue weighted by Gasteiger charge is 2.35. The van der Waals surface area contributed by atoms with E-state index in [-0.39, 0.29) is 5.41 Å². The van der Waals surface area contributed by atoms with E-state index in [0.717, 1.165) is 57.2 Å². The number of nitrogens with one attached hydrogen (secondary N) is 2. The first-order chi connectivity index (χ1) is 13.2. The quantitative estimate of drug-likeness (QED) is 0.610. The van der Waals surface area contributed by atoms with Gasteiger partial charge in [-0.15, -0.1) is 0 Å². The predicted octanol–water partition coefficient (Wildman–Crippen LogP) is 2.85. The van der Waals surface area contributed by atoms with E-state index in [2.05, 4.69) is 51.8 Å². The summed E-state index contributed by atoms with van der Waals surface area (Å²) in [5.74, 6) is 0.838. The third-order valence-corrected chi connectivity index (χ3v) is 5.38. The van der Waals surface area contributed by atoms with Crippen LogP contribution in [0.15, 0.2) is 53.7 Å². The van der Waals surface area contributed by atoms with E-state index in [1.165, 1.54) is 11.1 Å². The van der Waals surface area contributed by atoms with Crippen LogP contribution in [0, 0.1) is 6.92 Å². The number of rotatable bonds is 6. The molecular weight excluding hydrogens is 336 g/mol. The number of aryl methyl sites for hydroxylation is 1. The number of benzene rings is 1. The molecule has 1 saturated heterocycles. The first-order valence-corrected chi connectivity index (χ1v) is 9.72. The number of aromatic nitrogens is 1. The molecule has 3 rings (SSSR count). The summed E-state index contributed by atoms with van der Waals surface area (Å²) in [7, 11) is 1.82. The summed E-state index contributed by atoms with van der Waals surface area (Å²) in [5, 5.41) is 6.96. The average Bonchev–Trinajstić information content (AvgIpc) is 2.72. The van der Waals surface area contributed by atoms with Gasteiger partial charge >= 0.3 is 0 Å². The molecule has 1 aliphatic rings. The molecule has 1 aliphatic heterocycles. The number of hydrogen-bond donors (Lipinski definition) is 2. The van der Waals surface area contributed by atoms with Gasteiger partial charge in [0.1, 0.15) is 0 Å². The van der Waals surface area contributed by atoms with Crippen molar-refractivity contribution in [1.29, 1.82) is 0 Å². The van der Waals surface area contributed by atoms with Gasteiger partial charge in [0.2, 0.25) is 0 Å². The van der Waals surface area contributed by atoms with Gasteiger partial charge in [-0.2, -0.15) is 0 Å². The SMILES string of the molecule is CN=C(NCCc1ccccn1)NCC1(c2ccccc2C)CCOCC1. The highest BCUT2D eigenvalue weighted by atomic mass is 16.5. The Morgan fingerprint density at radius 3 is 2.59 bits per heavy atom. The summed E-state index contributed by atoms with van der Waals surface area (Å²) >= 11 is 0. The highest BCUT2D eigenvalue weighted by Crippen LogP contribution is 2.36. The molecule has 0 saturated carbocycles. The molecule has 1 fully saturated rings. The van der Waals surface area contributed by atoms with E-state index in [1.54, 1.807) is 0 Å². The van der Waals surface area contributed by atoms with Gasteiger partial charge < -0.3 is 15.4 Å². The van der Waals surface area contributed by atoms with Gasteiger partial charge in [-0.05, 0) is 43.0 Å². The fraction of sp³-hybridized carbons (Fsp3) is 0.455. The Morgan fingerprint density at radius 2 is 1.89 bits per heavy atom. The molecule has 0 amide bonds. The van der Waals surface area contributed by atoms with Crippen molar-refractivity contribution in [2.45, 2.75) is 31.6 Å². The van der Waals surface area contributed by atoms with Crippen molar-refractivity contribution in [3.8, 4) is 0 Å². The van der Waals surface area contributed by atoms with Gasteiger partial charge in [-0.1, -0.05) is 30.3 Å². The van der Waals surface area contributed by atoms with Crippen molar-refractivity contribution in [3.63, 3.8) is 0 Å². The monoisotopic (exact) mass is 366 g/mol. The summed E-state index contributed by atoms with van der Waals surface area (Å²) in [6.45, 7) is 5.47. The minimum atomic E-state index is 0.0855. The minimum Gasteiger partial charge on any atom is -0.381 e. The van der Waals surface area contributed by atoms with E-state index >= 15 is 0 Å². The number of aliphatic imine (C=N–C) groups is 1. The van der Waals surface area contributed by atoms with Crippen LogP contribution in [-0.2, 0) is 16.6 Å². The van der Waals surface area contributed by atoms with Gasteiger partial charge in [0.05, 0.1) is 0 Å². The van der Waals surface area contributed by atoms with Crippen LogP contribution >= 0.6 is 0 Å². The summed E-state index contributed by atoms with van der Waals surface area (Å²) in [6.07, 6.45) is 4.75. The van der Waals surface area contributed by atoms with Gasteiger partial charge in [-0.3, -0.25) is 9.98 Å². The molecule has 0 bridgehead atoms. The normalized spacial score (nSPS) is 16.7. The Bertz CT molecular complexity index is 739. The van der Waals surface area contributed by atoms with Crippen molar-refractivity contribution in [2.75, 3.05) is 33.4 Å². The first-order valence-electron chi connectivity index (χ1n) is 9.72. The van der Waals surface area contributed by atoms with Crippen molar-refractivity contribution >= 4 is 5.96 Å². The molecule has 0 radical (unpaired) electrons. The van der Waals surface area contributed by atoms with E-state index in [1.807, 2.05) is 31.4 Å². The molecule has 0 aliphatic carbocycles. The third-order valence-electron chi connectivity index (χ3n) is 5.38. The van der Waals surface area contributed by atoms with Crippen molar-refractivity contribution < 1.29 is 4.74 Å². The summed E-state index contributed by atoms with van der Waals surface area (Å²) in [5.41, 5.74) is 3.94. The molecular formula is C22H30N4O. The van der Waals surface area contributed by atoms with Crippen LogP contribution in [0.2, 0.25) is 0 Å². The zero-order chi connectivity index (χ0) is 19.0. The Balaban J connectivity index is 1.61. The second-order valence-corrected chi connectivity index (χ2v) is 7.13. The lowest BCUT2D eigenvalue weighted by Crippen LogP contribution is -2.48. The second kappa shape index (κ2) is 9.51. The molecule has 5 heteroatoms. The zero-order valence-electron chi connectivity index (χ0n) is 16.4. The van der Waals surface area contributed by atoms with E-state index in [4.69, 9.17) is 4.74 Å². The number of guanidine groups is 1. The lowest BCUT2D eigenvalue weighted by molar-refractivity contribution is 0.0512. The molecule has 1 aromatic carbocycles. The fourth-order valence-corrected chi connectivity index (χ4v) is 3.80. The van der Waals surface area contributed by atoms with Crippen LogP contribution in [0.4, 0.5) is 0 Å². The number of pyridine rings is 1. The maximum Gasteiger partial charge on any atom is 0.191 e. The summed E-state index contributed by atoms with van der Waals surface area (Å²) in [4.78, 5) is 8.76. The molecule has 27 heavy (non-hydrogen) atoms. The van der Waals surface area contributed by atoms with Gasteiger partial charge in [0, 0.05) is 57.1 Å². The molecule has 5 nitrogen and oxygen atoms in total. The van der Waals surface area contributed by atoms with E-state index < -0.39 is 0 Å². The van der Waals surface area contributed by atoms with Gasteiger partial charge in [0.25, 0.3) is 0 Å². The van der Waals surface area contributed by atoms with Crippen LogP contribution in [0.5, 0.6) is 0 Å². The third kappa shape index (κ3) is 5.07. The van der Waals surface area contributed by atoms with Gasteiger partial charge in [0.15, 0.2) is 5.96 Å². The van der Waals surface area contributed by atoms with Gasteiger partial charge in [-0.25, -0.2) is 0 Å². The molecule has 2 aromatic rings. The Hall–Kier alpha value is -2.40. The van der Waals surface area contributed by atoms with Crippen LogP contribution < -0.4 is 10.6 Å². The maximum atomic E-state index is 5.65. The second-order valence-electron chi connectivity index (χ2n) is 7.13. The summed E-state index contributed by atoms with van der Waals surface area (Å²) < 4.78 is 5.65. The average molecular weight is 367 g/mol. The Kier molecular flexibility index (Phi) is 6.82. The molecule has 0 spiro atoms. The lowest BCUT2D eigenvalue weighted by atomic mass is 9.72. The van der Waals surface area contributed by atoms with Crippen LogP contribution in [0.25, 0.3) is 0 Å². The van der Waals surface area contributed by atoms with Crippen LogP contribution in [0.3, 0.4) is 0 Å². The highest BCUT2D eigenvalue weighted by molar-refractivity contribution is 5.79. The fourth-order valence-electron chi connectivity index (χ4n) is 3.80. The zero-order valence-corrected chi connectivity index (χ0v) is 16.4. The van der Waals surface area contributed by atoms with Crippen molar-refractivity contribution in [2.24, 2.45) is 4.99 Å². The number of nitrogens with zero attached hydrogens (tertiary/aromatic N) is 2. The molecule has 2 N–H and O–H groups in total. The van der Waals surface area contributed by atoms with Crippen molar-refractivity contribution in [3.05, 3.63) is 65.5 Å². The largest absolute Gasteiger partial charge is 0.381 e. The first kappa shape index (κ1) is 19.4. The number of ether oxygens (including phenoxy) is 1. The Morgan fingerprint density at radius 1 is 1.11 bits per heavy atom. The predicted molar refractivity (Wildman–Crippen MR) is 110 cm³/mol. The lowest BCUT2D eigenvalue weighted by Gasteiger charge is -2.39. The minimum absolute atomic E-state index is 0.0855. The molecule has 1 aromatic heterocycles.